The molecule has 0 radical (unpaired) electrons. The second kappa shape index (κ2) is 9.48. The van der Waals surface area contributed by atoms with Gasteiger partial charge in [-0.3, -0.25) is 9.52 Å². The van der Waals surface area contributed by atoms with Crippen LogP contribution in [-0.2, 0) is 10.0 Å². The van der Waals surface area contributed by atoms with E-state index >= 15 is 0 Å². The smallest absolute Gasteiger partial charge is 0.272 e. The first kappa shape index (κ1) is 23.2. The third-order valence-electron chi connectivity index (χ3n) is 5.15. The van der Waals surface area contributed by atoms with E-state index < -0.39 is 10.0 Å². The Balaban J connectivity index is 1.58. The van der Waals surface area contributed by atoms with E-state index in [0.717, 1.165) is 16.5 Å². The van der Waals surface area contributed by atoms with Crippen LogP contribution in [0.2, 0.25) is 0 Å². The summed E-state index contributed by atoms with van der Waals surface area (Å²) in [7, 11) is -2.62. The van der Waals surface area contributed by atoms with Crippen LogP contribution >= 0.6 is 0 Å². The van der Waals surface area contributed by atoms with Crippen LogP contribution in [0.3, 0.4) is 0 Å². The first-order chi connectivity index (χ1) is 16.3. The molecule has 0 spiro atoms. The maximum Gasteiger partial charge on any atom is 0.272 e. The Morgan fingerprint density at radius 3 is 2.41 bits per heavy atom. The lowest BCUT2D eigenvalue weighted by molar-refractivity contribution is 0.102. The number of aromatic nitrogens is 1. The summed E-state index contributed by atoms with van der Waals surface area (Å²) in [6.45, 7) is 4.35. The van der Waals surface area contributed by atoms with Crippen molar-refractivity contribution >= 4 is 38.2 Å². The summed E-state index contributed by atoms with van der Waals surface area (Å²) in [6.07, 6.45) is 0. The number of ether oxygens (including phenoxy) is 2. The average molecular weight is 480 g/mol. The number of carbonyl (C=O) groups is 1. The molecular formula is C25H25N3O5S. The Labute approximate surface area is 198 Å². The van der Waals surface area contributed by atoms with Gasteiger partial charge in [0.05, 0.1) is 13.7 Å². The van der Waals surface area contributed by atoms with Gasteiger partial charge < -0.3 is 19.8 Å². The molecule has 0 aliphatic heterocycles. The quantitative estimate of drug-likeness (QED) is 0.332. The minimum Gasteiger partial charge on any atom is -0.495 e. The Bertz CT molecular complexity index is 1440. The largest absolute Gasteiger partial charge is 0.495 e. The van der Waals surface area contributed by atoms with Gasteiger partial charge in [0, 0.05) is 22.3 Å². The number of hydrogen-bond acceptors (Lipinski definition) is 5. The molecule has 4 rings (SSSR count). The zero-order chi connectivity index (χ0) is 24.3. The van der Waals surface area contributed by atoms with Crippen LogP contribution < -0.4 is 19.5 Å². The molecule has 0 aliphatic rings. The van der Waals surface area contributed by atoms with Crippen molar-refractivity contribution in [2.24, 2.45) is 0 Å². The number of amides is 1. The summed E-state index contributed by atoms with van der Waals surface area (Å²) in [6, 6.07) is 18.6. The number of fused-ring (bicyclic) bond motifs is 1. The maximum absolute atomic E-state index is 13.1. The second-order valence-electron chi connectivity index (χ2n) is 7.66. The van der Waals surface area contributed by atoms with E-state index in [0.29, 0.717) is 29.4 Å². The van der Waals surface area contributed by atoms with Gasteiger partial charge in [0.1, 0.15) is 22.1 Å². The van der Waals surface area contributed by atoms with Gasteiger partial charge in [0.15, 0.2) is 0 Å². The van der Waals surface area contributed by atoms with E-state index in [1.165, 1.54) is 19.2 Å². The lowest BCUT2D eigenvalue weighted by Crippen LogP contribution is -2.16. The predicted octanol–water partition coefficient (Wildman–Crippen LogP) is 4.94. The van der Waals surface area contributed by atoms with Crippen molar-refractivity contribution in [2.75, 3.05) is 23.8 Å². The van der Waals surface area contributed by atoms with Crippen LogP contribution in [0.4, 0.5) is 11.4 Å². The lowest BCUT2D eigenvalue weighted by atomic mass is 10.2. The molecule has 9 heteroatoms. The summed E-state index contributed by atoms with van der Waals surface area (Å²) < 4.78 is 39.4. The Hall–Kier alpha value is -3.98. The second-order valence-corrected chi connectivity index (χ2v) is 9.31. The number of nitrogens with one attached hydrogen (secondary N) is 3. The van der Waals surface area contributed by atoms with Crippen LogP contribution in [0, 0.1) is 6.92 Å². The topological polar surface area (TPSA) is 110 Å². The Morgan fingerprint density at radius 2 is 1.71 bits per heavy atom. The van der Waals surface area contributed by atoms with E-state index in [4.69, 9.17) is 9.47 Å². The van der Waals surface area contributed by atoms with Crippen LogP contribution in [0.1, 0.15) is 23.0 Å². The fourth-order valence-corrected chi connectivity index (χ4v) is 4.78. The molecule has 0 unspecified atom stereocenters. The molecular weight excluding hydrogens is 454 g/mol. The predicted molar refractivity (Wildman–Crippen MR) is 132 cm³/mol. The van der Waals surface area contributed by atoms with Crippen molar-refractivity contribution in [3.05, 3.63) is 78.0 Å². The first-order valence-corrected chi connectivity index (χ1v) is 12.1. The lowest BCUT2D eigenvalue weighted by Gasteiger charge is -2.14. The number of benzene rings is 3. The number of aryl methyl sites for hydroxylation is 1. The zero-order valence-corrected chi connectivity index (χ0v) is 19.8. The molecule has 0 saturated heterocycles. The molecule has 0 fully saturated rings. The van der Waals surface area contributed by atoms with Gasteiger partial charge in [-0.2, -0.15) is 0 Å². The number of rotatable bonds is 8. The summed E-state index contributed by atoms with van der Waals surface area (Å²) in [5, 5.41) is 3.66. The van der Waals surface area contributed by atoms with Crippen molar-refractivity contribution in [3.63, 3.8) is 0 Å². The normalized spacial score (nSPS) is 11.3. The number of hydrogen-bond donors (Lipinski definition) is 3. The molecule has 4 aromatic rings. The zero-order valence-electron chi connectivity index (χ0n) is 19.0. The number of aromatic amines is 1. The van der Waals surface area contributed by atoms with E-state index in [2.05, 4.69) is 15.0 Å². The summed E-state index contributed by atoms with van der Waals surface area (Å²) >= 11 is 0. The van der Waals surface area contributed by atoms with Gasteiger partial charge in [-0.15, -0.1) is 0 Å². The molecule has 3 N–H and O–H groups in total. The van der Waals surface area contributed by atoms with Gasteiger partial charge in [-0.25, -0.2) is 8.42 Å². The molecule has 0 saturated carbocycles. The highest BCUT2D eigenvalue weighted by atomic mass is 32.2. The van der Waals surface area contributed by atoms with Crippen molar-refractivity contribution in [1.29, 1.82) is 0 Å². The molecule has 0 bridgehead atoms. The number of H-pyrrole nitrogens is 1. The number of anilines is 2. The van der Waals surface area contributed by atoms with Gasteiger partial charge in [-0.05, 0) is 74.0 Å². The SMILES string of the molecule is CCOc1ccc(NS(=O)(=O)c2cc(NC(=O)c3cc4ccc(C)cc4[nH]3)ccc2OC)cc1. The van der Waals surface area contributed by atoms with E-state index in [-0.39, 0.29) is 16.6 Å². The van der Waals surface area contributed by atoms with Crippen LogP contribution in [0.25, 0.3) is 10.9 Å². The van der Waals surface area contributed by atoms with Crippen molar-refractivity contribution in [1.82, 2.24) is 4.98 Å². The third-order valence-corrected chi connectivity index (χ3v) is 6.55. The molecule has 1 heterocycles. The van der Waals surface area contributed by atoms with E-state index in [9.17, 15) is 13.2 Å². The van der Waals surface area contributed by atoms with Crippen molar-refractivity contribution in [3.8, 4) is 11.5 Å². The fraction of sp³-hybridized carbons (Fsp3) is 0.160. The fourth-order valence-electron chi connectivity index (χ4n) is 3.52. The summed E-state index contributed by atoms with van der Waals surface area (Å²) in [5.74, 6) is 0.402. The molecule has 34 heavy (non-hydrogen) atoms. The molecule has 1 aromatic heterocycles. The minimum absolute atomic E-state index is 0.103. The monoisotopic (exact) mass is 479 g/mol. The van der Waals surface area contributed by atoms with Gasteiger partial charge >= 0.3 is 0 Å². The Kier molecular flexibility index (Phi) is 6.47. The molecule has 1 amide bonds. The number of sulfonamides is 1. The average Bonchev–Trinajstić information content (AvgIpc) is 3.24. The molecule has 0 atom stereocenters. The van der Waals surface area contributed by atoms with Gasteiger partial charge in [-0.1, -0.05) is 12.1 Å². The van der Waals surface area contributed by atoms with Gasteiger partial charge in [0.2, 0.25) is 0 Å². The molecule has 0 aliphatic carbocycles. The number of carbonyl (C=O) groups excluding carboxylic acids is 1. The van der Waals surface area contributed by atoms with Crippen LogP contribution in [0.15, 0.2) is 71.6 Å². The van der Waals surface area contributed by atoms with Crippen molar-refractivity contribution in [2.45, 2.75) is 18.7 Å². The summed E-state index contributed by atoms with van der Waals surface area (Å²) in [4.78, 5) is 15.8. The highest BCUT2D eigenvalue weighted by Crippen LogP contribution is 2.30. The Morgan fingerprint density at radius 1 is 0.971 bits per heavy atom. The third kappa shape index (κ3) is 4.99. The van der Waals surface area contributed by atoms with Crippen LogP contribution in [0.5, 0.6) is 11.5 Å². The molecule has 3 aromatic carbocycles. The summed E-state index contributed by atoms with van der Waals surface area (Å²) in [5.41, 5.74) is 2.98. The van der Waals surface area contributed by atoms with Gasteiger partial charge in [0.25, 0.3) is 15.9 Å². The van der Waals surface area contributed by atoms with E-state index in [1.54, 1.807) is 36.4 Å². The molecule has 176 valence electrons. The highest BCUT2D eigenvalue weighted by Gasteiger charge is 2.21. The van der Waals surface area contributed by atoms with Crippen LogP contribution in [-0.4, -0.2) is 33.0 Å². The number of methoxy groups -OCH3 is 1. The minimum atomic E-state index is -4.00. The van der Waals surface area contributed by atoms with E-state index in [1.807, 2.05) is 32.0 Å². The highest BCUT2D eigenvalue weighted by molar-refractivity contribution is 7.92. The van der Waals surface area contributed by atoms with Crippen molar-refractivity contribution < 1.29 is 22.7 Å². The maximum atomic E-state index is 13.1. The standard InChI is InChI=1S/C25H25N3O5S/c1-4-33-20-10-7-18(8-11-20)28-34(30,31)24-15-19(9-12-23(24)32-3)26-25(29)22-14-17-6-5-16(2)13-21(17)27-22/h5-15,27-28H,4H2,1-3H3,(H,26,29). The molecule has 8 nitrogen and oxygen atoms in total. The first-order valence-electron chi connectivity index (χ1n) is 10.6.